The summed E-state index contributed by atoms with van der Waals surface area (Å²) >= 11 is 11.8. The molecule has 78 valence electrons. The van der Waals surface area contributed by atoms with Gasteiger partial charge in [-0.3, -0.25) is 0 Å². The highest BCUT2D eigenvalue weighted by Crippen LogP contribution is 2.32. The minimum Gasteiger partial charge on any atom is -0.490 e. The third-order valence-corrected chi connectivity index (χ3v) is 2.17. The van der Waals surface area contributed by atoms with Crippen LogP contribution in [0.5, 0.6) is 5.75 Å². The summed E-state index contributed by atoms with van der Waals surface area (Å²) in [5, 5.41) is 1.01. The molecule has 1 rings (SSSR count). The van der Waals surface area contributed by atoms with Crippen LogP contribution in [0.1, 0.15) is 6.42 Å². The first-order valence-electron chi connectivity index (χ1n) is 4.14. The number of nitrogens with two attached hydrogens (primary N) is 1. The fourth-order valence-corrected chi connectivity index (χ4v) is 1.44. The van der Waals surface area contributed by atoms with Gasteiger partial charge in [-0.15, -0.1) is 0 Å². The molecule has 1 aromatic rings. The maximum absolute atomic E-state index is 5.88. The van der Waals surface area contributed by atoms with Crippen molar-refractivity contribution in [2.75, 3.05) is 13.2 Å². The first-order valence-corrected chi connectivity index (χ1v) is 4.90. The Balaban J connectivity index is 2.49. The van der Waals surface area contributed by atoms with Crippen molar-refractivity contribution in [2.24, 2.45) is 5.90 Å². The lowest BCUT2D eigenvalue weighted by molar-refractivity contribution is 0.122. The van der Waals surface area contributed by atoms with E-state index >= 15 is 0 Å². The molecule has 0 aliphatic carbocycles. The van der Waals surface area contributed by atoms with E-state index < -0.39 is 0 Å². The summed E-state index contributed by atoms with van der Waals surface area (Å²) < 4.78 is 5.37. The van der Waals surface area contributed by atoms with Crippen LogP contribution in [0.25, 0.3) is 0 Å². The summed E-state index contributed by atoms with van der Waals surface area (Å²) in [4.78, 5) is 4.39. The van der Waals surface area contributed by atoms with E-state index in [-0.39, 0.29) is 0 Å². The Bertz CT molecular complexity index is 274. The summed E-state index contributed by atoms with van der Waals surface area (Å²) in [6, 6.07) is 5.21. The van der Waals surface area contributed by atoms with Gasteiger partial charge in [0.15, 0.2) is 5.75 Å². The smallest absolute Gasteiger partial charge is 0.156 e. The van der Waals surface area contributed by atoms with Crippen molar-refractivity contribution in [3.63, 3.8) is 0 Å². The van der Waals surface area contributed by atoms with Crippen LogP contribution in [-0.4, -0.2) is 13.2 Å². The molecule has 14 heavy (non-hydrogen) atoms. The van der Waals surface area contributed by atoms with Gasteiger partial charge in [0.05, 0.1) is 23.3 Å². The third-order valence-electron chi connectivity index (χ3n) is 1.57. The standard InChI is InChI=1S/C9H11Cl2NO2/c10-7-3-1-4-8(11)9(7)13-5-2-6-14-12/h1,3-4H,2,5-6,12H2. The van der Waals surface area contributed by atoms with Crippen molar-refractivity contribution in [1.29, 1.82) is 0 Å². The van der Waals surface area contributed by atoms with E-state index in [1.807, 2.05) is 0 Å². The second-order valence-electron chi connectivity index (χ2n) is 2.62. The molecule has 0 atom stereocenters. The number of halogens is 2. The number of para-hydroxylation sites is 1. The molecule has 0 fully saturated rings. The van der Waals surface area contributed by atoms with E-state index in [9.17, 15) is 0 Å². The molecule has 1 aromatic carbocycles. The molecule has 0 unspecified atom stereocenters. The maximum Gasteiger partial charge on any atom is 0.156 e. The summed E-state index contributed by atoms with van der Waals surface area (Å²) in [7, 11) is 0. The molecule has 3 nitrogen and oxygen atoms in total. The summed E-state index contributed by atoms with van der Waals surface area (Å²) in [5.74, 6) is 5.37. The fourth-order valence-electron chi connectivity index (χ4n) is 0.937. The summed E-state index contributed by atoms with van der Waals surface area (Å²) in [6.45, 7) is 0.919. The van der Waals surface area contributed by atoms with Crippen LogP contribution in [0.3, 0.4) is 0 Å². The lowest BCUT2D eigenvalue weighted by Gasteiger charge is -2.08. The quantitative estimate of drug-likeness (QED) is 0.631. The van der Waals surface area contributed by atoms with Crippen molar-refractivity contribution in [1.82, 2.24) is 0 Å². The molecular formula is C9H11Cl2NO2. The van der Waals surface area contributed by atoms with Gasteiger partial charge < -0.3 is 9.57 Å². The second-order valence-corrected chi connectivity index (χ2v) is 3.44. The van der Waals surface area contributed by atoms with Crippen LogP contribution in [0.2, 0.25) is 10.0 Å². The van der Waals surface area contributed by atoms with Crippen molar-refractivity contribution < 1.29 is 9.57 Å². The van der Waals surface area contributed by atoms with Gasteiger partial charge in [-0.1, -0.05) is 29.3 Å². The Kier molecular flexibility index (Phi) is 5.04. The minimum atomic E-state index is 0.446. The minimum absolute atomic E-state index is 0.446. The second kappa shape index (κ2) is 6.09. The molecule has 5 heteroatoms. The molecule has 0 saturated heterocycles. The normalized spacial score (nSPS) is 10.2. The monoisotopic (exact) mass is 235 g/mol. The van der Waals surface area contributed by atoms with Crippen molar-refractivity contribution in [2.45, 2.75) is 6.42 Å². The highest BCUT2D eigenvalue weighted by atomic mass is 35.5. The molecule has 0 spiro atoms. The van der Waals surface area contributed by atoms with Gasteiger partial charge in [0.1, 0.15) is 0 Å². The van der Waals surface area contributed by atoms with E-state index in [1.54, 1.807) is 18.2 Å². The van der Waals surface area contributed by atoms with Gasteiger partial charge in [-0.05, 0) is 12.1 Å². The highest BCUT2D eigenvalue weighted by molar-refractivity contribution is 6.37. The van der Waals surface area contributed by atoms with Gasteiger partial charge in [-0.25, -0.2) is 5.90 Å². The van der Waals surface area contributed by atoms with Gasteiger partial charge in [-0.2, -0.15) is 0 Å². The predicted molar refractivity (Wildman–Crippen MR) is 56.7 cm³/mol. The molecule has 2 N–H and O–H groups in total. The van der Waals surface area contributed by atoms with E-state index in [0.717, 1.165) is 0 Å². The summed E-state index contributed by atoms with van der Waals surface area (Å²) in [6.07, 6.45) is 0.693. The molecule has 0 bridgehead atoms. The summed E-state index contributed by atoms with van der Waals surface area (Å²) in [5.41, 5.74) is 0. The van der Waals surface area contributed by atoms with E-state index in [4.69, 9.17) is 33.8 Å². The molecule has 0 heterocycles. The third kappa shape index (κ3) is 3.35. The Hall–Kier alpha value is -0.480. The molecule has 0 aliphatic rings. The number of ether oxygens (including phenoxy) is 1. The Morgan fingerprint density at radius 3 is 2.36 bits per heavy atom. The van der Waals surface area contributed by atoms with Gasteiger partial charge in [0.2, 0.25) is 0 Å². The van der Waals surface area contributed by atoms with Crippen LogP contribution in [0, 0.1) is 0 Å². The average molecular weight is 236 g/mol. The Morgan fingerprint density at radius 2 is 1.79 bits per heavy atom. The van der Waals surface area contributed by atoms with Crippen LogP contribution in [0.15, 0.2) is 18.2 Å². The lowest BCUT2D eigenvalue weighted by Crippen LogP contribution is -2.06. The van der Waals surface area contributed by atoms with Crippen molar-refractivity contribution >= 4 is 23.2 Å². The van der Waals surface area contributed by atoms with Crippen LogP contribution in [-0.2, 0) is 4.84 Å². The number of benzene rings is 1. The topological polar surface area (TPSA) is 44.5 Å². The van der Waals surface area contributed by atoms with Gasteiger partial charge in [0, 0.05) is 6.42 Å². The van der Waals surface area contributed by atoms with Crippen molar-refractivity contribution in [3.05, 3.63) is 28.2 Å². The lowest BCUT2D eigenvalue weighted by atomic mass is 10.3. The average Bonchev–Trinajstić information content (AvgIpc) is 2.16. The van der Waals surface area contributed by atoms with Gasteiger partial charge >= 0.3 is 0 Å². The van der Waals surface area contributed by atoms with Crippen LogP contribution < -0.4 is 10.6 Å². The first-order chi connectivity index (χ1) is 6.75. The Labute approximate surface area is 92.7 Å². The Morgan fingerprint density at radius 1 is 1.14 bits per heavy atom. The maximum atomic E-state index is 5.88. The molecular weight excluding hydrogens is 225 g/mol. The zero-order chi connectivity index (χ0) is 10.4. The first kappa shape index (κ1) is 11.6. The fraction of sp³-hybridized carbons (Fsp3) is 0.333. The zero-order valence-electron chi connectivity index (χ0n) is 7.50. The SMILES string of the molecule is NOCCCOc1c(Cl)cccc1Cl. The molecule has 0 aliphatic heterocycles. The number of hydrogen-bond donors (Lipinski definition) is 1. The van der Waals surface area contributed by atoms with Crippen LogP contribution in [0.4, 0.5) is 0 Å². The van der Waals surface area contributed by atoms with E-state index in [0.29, 0.717) is 35.4 Å². The number of hydrogen-bond acceptors (Lipinski definition) is 3. The van der Waals surface area contributed by atoms with Crippen molar-refractivity contribution in [3.8, 4) is 5.75 Å². The van der Waals surface area contributed by atoms with E-state index in [2.05, 4.69) is 4.84 Å². The predicted octanol–water partition coefficient (Wildman–Crippen LogP) is 2.65. The zero-order valence-corrected chi connectivity index (χ0v) is 9.02. The largest absolute Gasteiger partial charge is 0.490 e. The van der Waals surface area contributed by atoms with Crippen LogP contribution >= 0.6 is 23.2 Å². The molecule has 0 radical (unpaired) electrons. The molecule has 0 aromatic heterocycles. The molecule has 0 amide bonds. The molecule has 0 saturated carbocycles. The number of rotatable bonds is 5. The van der Waals surface area contributed by atoms with E-state index in [1.165, 1.54) is 0 Å². The highest BCUT2D eigenvalue weighted by Gasteiger charge is 2.05. The van der Waals surface area contributed by atoms with Gasteiger partial charge in [0.25, 0.3) is 0 Å².